The van der Waals surface area contributed by atoms with E-state index in [0.717, 1.165) is 29.3 Å². The van der Waals surface area contributed by atoms with Gasteiger partial charge in [0.15, 0.2) is 0 Å². The molecule has 1 saturated heterocycles. The fourth-order valence-electron chi connectivity index (χ4n) is 3.61. The molecular weight excluding hydrogens is 264 g/mol. The van der Waals surface area contributed by atoms with Crippen LogP contribution in [0.4, 0.5) is 0 Å². The first kappa shape index (κ1) is 12.9. The van der Waals surface area contributed by atoms with Crippen LogP contribution in [0.15, 0.2) is 12.1 Å². The number of likely N-dealkylation sites (N-methyl/N-ethyl adjacent to an activating group) is 1. The first-order valence-corrected chi connectivity index (χ1v) is 8.08. The van der Waals surface area contributed by atoms with Crippen LogP contribution in [0, 0.1) is 11.8 Å². The fraction of sp³-hybridized carbons (Fsp3) is 0.714. The van der Waals surface area contributed by atoms with Crippen molar-refractivity contribution in [1.29, 1.82) is 0 Å². The third-order valence-corrected chi connectivity index (χ3v) is 5.66. The van der Waals surface area contributed by atoms with Crippen LogP contribution in [0.5, 0.6) is 0 Å². The second-order valence-electron chi connectivity index (χ2n) is 5.77. The lowest BCUT2D eigenvalue weighted by Gasteiger charge is -2.24. The molecule has 0 radical (unpaired) electrons. The highest BCUT2D eigenvalue weighted by molar-refractivity contribution is 7.16. The molecule has 4 heteroatoms. The van der Waals surface area contributed by atoms with Crippen molar-refractivity contribution in [2.75, 3.05) is 20.1 Å². The van der Waals surface area contributed by atoms with Gasteiger partial charge in [0, 0.05) is 24.0 Å². The third kappa shape index (κ3) is 2.74. The highest BCUT2D eigenvalue weighted by atomic mass is 35.5. The van der Waals surface area contributed by atoms with E-state index in [1.54, 1.807) is 11.3 Å². The van der Waals surface area contributed by atoms with Gasteiger partial charge in [-0.15, -0.1) is 11.3 Å². The average Bonchev–Trinajstić information content (AvgIpc) is 2.98. The molecule has 100 valence electrons. The zero-order valence-corrected chi connectivity index (χ0v) is 12.4. The molecule has 18 heavy (non-hydrogen) atoms. The summed E-state index contributed by atoms with van der Waals surface area (Å²) in [5, 5.41) is 3.72. The zero-order valence-electron chi connectivity index (χ0n) is 10.9. The minimum absolute atomic E-state index is 0.706. The van der Waals surface area contributed by atoms with E-state index >= 15 is 0 Å². The Kier molecular flexibility index (Phi) is 3.94. The largest absolute Gasteiger partial charge is 0.312 e. The molecule has 0 spiro atoms. The van der Waals surface area contributed by atoms with Crippen molar-refractivity contribution in [3.63, 3.8) is 0 Å². The van der Waals surface area contributed by atoms with Gasteiger partial charge in [0.1, 0.15) is 0 Å². The number of nitrogens with one attached hydrogen (secondary N) is 1. The Morgan fingerprint density at radius 2 is 2.33 bits per heavy atom. The predicted molar refractivity (Wildman–Crippen MR) is 78.3 cm³/mol. The molecule has 3 unspecified atom stereocenters. The highest BCUT2D eigenvalue weighted by Crippen LogP contribution is 2.37. The maximum absolute atomic E-state index is 5.97. The lowest BCUT2D eigenvalue weighted by Crippen LogP contribution is -2.38. The molecule has 2 heterocycles. The molecule has 1 aliphatic carbocycles. The predicted octanol–water partition coefficient (Wildman–Crippen LogP) is 3.22. The number of nitrogens with zero attached hydrogens (tertiary/aromatic N) is 1. The van der Waals surface area contributed by atoms with Gasteiger partial charge >= 0.3 is 0 Å². The molecule has 3 atom stereocenters. The normalized spacial score (nSPS) is 31.2. The molecule has 2 fully saturated rings. The van der Waals surface area contributed by atoms with Crippen LogP contribution in [0.2, 0.25) is 4.34 Å². The van der Waals surface area contributed by atoms with Crippen LogP contribution in [0.1, 0.15) is 24.1 Å². The van der Waals surface area contributed by atoms with Gasteiger partial charge in [-0.1, -0.05) is 18.0 Å². The van der Waals surface area contributed by atoms with Gasteiger partial charge in [-0.25, -0.2) is 0 Å². The minimum Gasteiger partial charge on any atom is -0.312 e. The van der Waals surface area contributed by atoms with E-state index in [2.05, 4.69) is 23.3 Å². The van der Waals surface area contributed by atoms with Crippen LogP contribution >= 0.6 is 22.9 Å². The standard InChI is InChI=1S/C14H21ClN2S/c1-17(8-11-5-6-14(15)18-11)9-13-12-4-2-3-10(12)7-16-13/h5-6,10,12-13,16H,2-4,7-9H2,1H3. The van der Waals surface area contributed by atoms with Crippen molar-refractivity contribution in [3.05, 3.63) is 21.3 Å². The lowest BCUT2D eigenvalue weighted by molar-refractivity contribution is 0.261. The van der Waals surface area contributed by atoms with Gasteiger partial charge in [0.25, 0.3) is 0 Å². The van der Waals surface area contributed by atoms with Gasteiger partial charge in [0.2, 0.25) is 0 Å². The quantitative estimate of drug-likeness (QED) is 0.913. The molecule has 2 aliphatic rings. The molecule has 1 saturated carbocycles. The number of halogens is 1. The molecule has 1 N–H and O–H groups in total. The third-order valence-electron chi connectivity index (χ3n) is 4.44. The number of fused-ring (bicyclic) bond motifs is 1. The maximum Gasteiger partial charge on any atom is 0.0931 e. The van der Waals surface area contributed by atoms with E-state index < -0.39 is 0 Å². The van der Waals surface area contributed by atoms with E-state index in [0.29, 0.717) is 6.04 Å². The number of thiophene rings is 1. The highest BCUT2D eigenvalue weighted by Gasteiger charge is 2.38. The van der Waals surface area contributed by atoms with Gasteiger partial charge in [-0.3, -0.25) is 4.90 Å². The van der Waals surface area contributed by atoms with Crippen molar-refractivity contribution in [1.82, 2.24) is 10.2 Å². The monoisotopic (exact) mass is 284 g/mol. The Bertz CT molecular complexity index is 406. The molecule has 1 aromatic rings. The van der Waals surface area contributed by atoms with Crippen LogP contribution in [0.3, 0.4) is 0 Å². The van der Waals surface area contributed by atoms with Crippen LogP contribution < -0.4 is 5.32 Å². The lowest BCUT2D eigenvalue weighted by atomic mass is 9.94. The minimum atomic E-state index is 0.706. The van der Waals surface area contributed by atoms with E-state index in [9.17, 15) is 0 Å². The molecule has 0 bridgehead atoms. The van der Waals surface area contributed by atoms with Gasteiger partial charge in [0.05, 0.1) is 4.34 Å². The Hall–Kier alpha value is -0.0900. The van der Waals surface area contributed by atoms with Crippen molar-refractivity contribution >= 4 is 22.9 Å². The summed E-state index contributed by atoms with van der Waals surface area (Å²) >= 11 is 7.67. The first-order chi connectivity index (χ1) is 8.72. The van der Waals surface area contributed by atoms with E-state index in [-0.39, 0.29) is 0 Å². The summed E-state index contributed by atoms with van der Waals surface area (Å²) in [6.45, 7) is 3.43. The number of hydrogen-bond donors (Lipinski definition) is 1. The Morgan fingerprint density at radius 1 is 1.44 bits per heavy atom. The number of hydrogen-bond acceptors (Lipinski definition) is 3. The Morgan fingerprint density at radius 3 is 3.11 bits per heavy atom. The van der Waals surface area contributed by atoms with Crippen molar-refractivity contribution in [3.8, 4) is 0 Å². The van der Waals surface area contributed by atoms with Crippen LogP contribution in [-0.4, -0.2) is 31.1 Å². The van der Waals surface area contributed by atoms with E-state index in [1.807, 2.05) is 6.07 Å². The molecule has 0 aromatic carbocycles. The van der Waals surface area contributed by atoms with Crippen molar-refractivity contribution in [2.24, 2.45) is 11.8 Å². The molecule has 3 rings (SSSR count). The first-order valence-electron chi connectivity index (χ1n) is 6.88. The SMILES string of the molecule is CN(Cc1ccc(Cl)s1)CC1NCC2CCCC21. The van der Waals surface area contributed by atoms with Crippen LogP contribution in [0.25, 0.3) is 0 Å². The summed E-state index contributed by atoms with van der Waals surface area (Å²) in [7, 11) is 2.22. The van der Waals surface area contributed by atoms with Gasteiger partial charge in [-0.05, 0) is 50.4 Å². The zero-order chi connectivity index (χ0) is 12.5. The summed E-state index contributed by atoms with van der Waals surface area (Å²) in [5.74, 6) is 1.89. The Balaban J connectivity index is 1.53. The van der Waals surface area contributed by atoms with Crippen LogP contribution in [-0.2, 0) is 6.54 Å². The molecule has 2 nitrogen and oxygen atoms in total. The summed E-state index contributed by atoms with van der Waals surface area (Å²) in [6, 6.07) is 4.85. The number of rotatable bonds is 4. The molecular formula is C14H21ClN2S. The molecule has 0 amide bonds. The van der Waals surface area contributed by atoms with Gasteiger partial charge in [-0.2, -0.15) is 0 Å². The summed E-state index contributed by atoms with van der Waals surface area (Å²) in [6.07, 6.45) is 4.32. The second-order valence-corrected chi connectivity index (χ2v) is 7.57. The topological polar surface area (TPSA) is 15.3 Å². The van der Waals surface area contributed by atoms with Crippen molar-refractivity contribution < 1.29 is 0 Å². The maximum atomic E-state index is 5.97. The smallest absolute Gasteiger partial charge is 0.0931 e. The van der Waals surface area contributed by atoms with Gasteiger partial charge < -0.3 is 5.32 Å². The Labute approximate surface area is 118 Å². The fourth-order valence-corrected chi connectivity index (χ4v) is 4.77. The van der Waals surface area contributed by atoms with E-state index in [4.69, 9.17) is 11.6 Å². The van der Waals surface area contributed by atoms with E-state index in [1.165, 1.54) is 30.7 Å². The van der Waals surface area contributed by atoms with Crippen molar-refractivity contribution in [2.45, 2.75) is 31.8 Å². The second kappa shape index (κ2) is 5.49. The summed E-state index contributed by atoms with van der Waals surface area (Å²) in [4.78, 5) is 3.80. The average molecular weight is 285 g/mol. The summed E-state index contributed by atoms with van der Waals surface area (Å²) in [5.41, 5.74) is 0. The molecule has 1 aromatic heterocycles. The molecule has 1 aliphatic heterocycles. The summed E-state index contributed by atoms with van der Waals surface area (Å²) < 4.78 is 0.897.